The Hall–Kier alpha value is -1.34. The fourth-order valence-electron chi connectivity index (χ4n) is 1.66. The monoisotopic (exact) mass is 281 g/mol. The van der Waals surface area contributed by atoms with Crippen molar-refractivity contribution in [2.75, 3.05) is 19.7 Å². The number of halogens is 4. The van der Waals surface area contributed by atoms with Crippen LogP contribution >= 0.6 is 0 Å². The van der Waals surface area contributed by atoms with E-state index in [0.717, 1.165) is 0 Å². The Labute approximate surface area is 108 Å². The lowest BCUT2D eigenvalue weighted by Gasteiger charge is -2.22. The van der Waals surface area contributed by atoms with Gasteiger partial charge in [0.05, 0.1) is 13.2 Å². The van der Waals surface area contributed by atoms with Crippen molar-refractivity contribution in [1.82, 2.24) is 4.90 Å². The molecule has 0 aromatic heterocycles. The summed E-state index contributed by atoms with van der Waals surface area (Å²) in [6, 6.07) is 5.99. The van der Waals surface area contributed by atoms with Crippen LogP contribution < -0.4 is 4.74 Å². The number of alkyl halides is 4. The summed E-state index contributed by atoms with van der Waals surface area (Å²) >= 11 is 0. The van der Waals surface area contributed by atoms with E-state index in [9.17, 15) is 17.6 Å². The molecule has 0 amide bonds. The van der Waals surface area contributed by atoms with Crippen molar-refractivity contribution in [3.8, 4) is 5.75 Å². The number of nitrogens with zero attached hydrogens (tertiary/aromatic N) is 1. The van der Waals surface area contributed by atoms with Crippen molar-refractivity contribution in [3.63, 3.8) is 0 Å². The standard InChI is InChI=1S/C12H15F4NO2/c13-11(14)8-17(5-6-18)7-9-3-1-2-4-10(9)19-12(15)16/h1-4,11-12,18H,5-8H2. The van der Waals surface area contributed by atoms with Crippen molar-refractivity contribution in [3.05, 3.63) is 29.8 Å². The van der Waals surface area contributed by atoms with Crippen LogP contribution in [0.25, 0.3) is 0 Å². The molecule has 0 aliphatic rings. The first-order chi connectivity index (χ1) is 9.02. The second kappa shape index (κ2) is 7.96. The van der Waals surface area contributed by atoms with Crippen LogP contribution in [0.1, 0.15) is 5.56 Å². The van der Waals surface area contributed by atoms with E-state index in [1.807, 2.05) is 0 Å². The smallest absolute Gasteiger partial charge is 0.387 e. The van der Waals surface area contributed by atoms with Crippen molar-refractivity contribution in [1.29, 1.82) is 0 Å². The van der Waals surface area contributed by atoms with Crippen molar-refractivity contribution >= 4 is 0 Å². The summed E-state index contributed by atoms with van der Waals surface area (Å²) in [5.74, 6) is -0.0466. The molecule has 1 N–H and O–H groups in total. The number of benzene rings is 1. The molecule has 0 bridgehead atoms. The van der Waals surface area contributed by atoms with Gasteiger partial charge in [-0.1, -0.05) is 18.2 Å². The molecular weight excluding hydrogens is 266 g/mol. The fourth-order valence-corrected chi connectivity index (χ4v) is 1.66. The Balaban J connectivity index is 2.77. The number of aliphatic hydroxyl groups excluding tert-OH is 1. The van der Waals surface area contributed by atoms with Gasteiger partial charge >= 0.3 is 6.61 Å². The van der Waals surface area contributed by atoms with Crippen molar-refractivity contribution in [2.24, 2.45) is 0 Å². The molecular formula is C12H15F4NO2. The quantitative estimate of drug-likeness (QED) is 0.742. The lowest BCUT2D eigenvalue weighted by atomic mass is 10.2. The first-order valence-electron chi connectivity index (χ1n) is 5.67. The average molecular weight is 281 g/mol. The van der Waals surface area contributed by atoms with Crippen LogP contribution in [0.15, 0.2) is 24.3 Å². The maximum Gasteiger partial charge on any atom is 0.387 e. The van der Waals surface area contributed by atoms with Gasteiger partial charge < -0.3 is 9.84 Å². The van der Waals surface area contributed by atoms with Gasteiger partial charge in [0.15, 0.2) is 0 Å². The predicted molar refractivity (Wildman–Crippen MR) is 61.4 cm³/mol. The fraction of sp³-hybridized carbons (Fsp3) is 0.500. The molecule has 7 heteroatoms. The minimum Gasteiger partial charge on any atom is -0.434 e. The van der Waals surface area contributed by atoms with E-state index < -0.39 is 19.6 Å². The summed E-state index contributed by atoms with van der Waals surface area (Å²) in [5.41, 5.74) is 0.372. The maximum absolute atomic E-state index is 12.3. The topological polar surface area (TPSA) is 32.7 Å². The lowest BCUT2D eigenvalue weighted by Crippen LogP contribution is -2.31. The summed E-state index contributed by atoms with van der Waals surface area (Å²) < 4.78 is 53.4. The first kappa shape index (κ1) is 15.7. The number of aliphatic hydroxyl groups is 1. The van der Waals surface area contributed by atoms with Crippen LogP contribution in [0.3, 0.4) is 0 Å². The Kier molecular flexibility index (Phi) is 6.58. The van der Waals surface area contributed by atoms with E-state index in [0.29, 0.717) is 5.56 Å². The van der Waals surface area contributed by atoms with Gasteiger partial charge in [0.25, 0.3) is 6.43 Å². The Morgan fingerprint density at radius 2 is 1.84 bits per heavy atom. The highest BCUT2D eigenvalue weighted by Crippen LogP contribution is 2.22. The molecule has 1 rings (SSSR count). The van der Waals surface area contributed by atoms with Crippen LogP contribution in [-0.4, -0.2) is 42.7 Å². The molecule has 0 saturated heterocycles. The van der Waals surface area contributed by atoms with Crippen LogP contribution in [-0.2, 0) is 6.54 Å². The Morgan fingerprint density at radius 1 is 1.16 bits per heavy atom. The van der Waals surface area contributed by atoms with E-state index in [2.05, 4.69) is 4.74 Å². The van der Waals surface area contributed by atoms with Gasteiger partial charge in [-0.15, -0.1) is 0 Å². The zero-order valence-electron chi connectivity index (χ0n) is 10.1. The van der Waals surface area contributed by atoms with Crippen molar-refractivity contribution in [2.45, 2.75) is 19.6 Å². The average Bonchev–Trinajstić information content (AvgIpc) is 2.30. The summed E-state index contributed by atoms with van der Waals surface area (Å²) in [6.45, 7) is -3.75. The van der Waals surface area contributed by atoms with Crippen LogP contribution in [0.2, 0.25) is 0 Å². The van der Waals surface area contributed by atoms with Gasteiger partial charge in [0.2, 0.25) is 0 Å². The Morgan fingerprint density at radius 3 is 2.42 bits per heavy atom. The third-order valence-corrected chi connectivity index (χ3v) is 2.40. The highest BCUT2D eigenvalue weighted by atomic mass is 19.3. The molecule has 0 radical (unpaired) electrons. The number of hydrogen-bond acceptors (Lipinski definition) is 3. The second-order valence-electron chi connectivity index (χ2n) is 3.84. The van der Waals surface area contributed by atoms with Gasteiger partial charge in [0.1, 0.15) is 5.75 Å². The highest BCUT2D eigenvalue weighted by molar-refractivity contribution is 5.33. The van der Waals surface area contributed by atoms with E-state index in [4.69, 9.17) is 5.11 Å². The Bertz CT molecular complexity index is 377. The molecule has 0 fully saturated rings. The van der Waals surface area contributed by atoms with Crippen LogP contribution in [0, 0.1) is 0 Å². The molecule has 1 aromatic carbocycles. The van der Waals surface area contributed by atoms with Crippen molar-refractivity contribution < 1.29 is 27.4 Å². The van der Waals surface area contributed by atoms with Gasteiger partial charge in [-0.25, -0.2) is 8.78 Å². The molecule has 0 aliphatic heterocycles. The molecule has 0 aliphatic carbocycles. The number of rotatable bonds is 8. The van der Waals surface area contributed by atoms with E-state index in [-0.39, 0.29) is 25.4 Å². The lowest BCUT2D eigenvalue weighted by molar-refractivity contribution is -0.0509. The maximum atomic E-state index is 12.3. The number of ether oxygens (including phenoxy) is 1. The largest absolute Gasteiger partial charge is 0.434 e. The summed E-state index contributed by atoms with van der Waals surface area (Å²) in [4.78, 5) is 1.28. The number of para-hydroxylation sites is 1. The SMILES string of the molecule is OCCN(Cc1ccccc1OC(F)F)CC(F)F. The first-order valence-corrected chi connectivity index (χ1v) is 5.67. The van der Waals surface area contributed by atoms with Gasteiger partial charge in [-0.05, 0) is 6.07 Å². The normalized spacial score (nSPS) is 11.6. The molecule has 0 spiro atoms. The van der Waals surface area contributed by atoms with Gasteiger partial charge in [-0.2, -0.15) is 8.78 Å². The minimum atomic E-state index is -2.97. The van der Waals surface area contributed by atoms with E-state index >= 15 is 0 Å². The van der Waals surface area contributed by atoms with E-state index in [1.54, 1.807) is 6.07 Å². The molecule has 1 aromatic rings. The molecule has 19 heavy (non-hydrogen) atoms. The third kappa shape index (κ3) is 5.89. The summed E-state index contributed by atoms with van der Waals surface area (Å²) in [6.07, 6.45) is -2.56. The zero-order chi connectivity index (χ0) is 14.3. The van der Waals surface area contributed by atoms with Gasteiger partial charge in [-0.3, -0.25) is 4.90 Å². The van der Waals surface area contributed by atoms with Crippen LogP contribution in [0.5, 0.6) is 5.75 Å². The number of hydrogen-bond donors (Lipinski definition) is 1. The molecule has 108 valence electrons. The molecule has 0 atom stereocenters. The second-order valence-corrected chi connectivity index (χ2v) is 3.84. The molecule has 0 saturated carbocycles. The molecule has 3 nitrogen and oxygen atoms in total. The molecule has 0 unspecified atom stereocenters. The summed E-state index contributed by atoms with van der Waals surface area (Å²) in [5, 5.41) is 8.80. The summed E-state index contributed by atoms with van der Waals surface area (Å²) in [7, 11) is 0. The van der Waals surface area contributed by atoms with Gasteiger partial charge in [0, 0.05) is 18.7 Å². The molecule has 0 heterocycles. The highest BCUT2D eigenvalue weighted by Gasteiger charge is 2.15. The predicted octanol–water partition coefficient (Wildman–Crippen LogP) is 2.35. The van der Waals surface area contributed by atoms with Crippen LogP contribution in [0.4, 0.5) is 17.6 Å². The van der Waals surface area contributed by atoms with E-state index in [1.165, 1.54) is 23.1 Å². The minimum absolute atomic E-state index is 0.00773. The zero-order valence-corrected chi connectivity index (χ0v) is 10.1. The third-order valence-electron chi connectivity index (χ3n) is 2.40.